The number of benzene rings is 2. The molecule has 4 N–H and O–H groups in total. The number of urea groups is 1. The second-order valence-electron chi connectivity index (χ2n) is 6.63. The smallest absolute Gasteiger partial charge is 0.344 e. The van der Waals surface area contributed by atoms with E-state index in [1.165, 1.54) is 5.32 Å². The average Bonchev–Trinajstić information content (AvgIpc) is 3.08. The fourth-order valence-electron chi connectivity index (χ4n) is 3.02. The number of nitrogens with one attached hydrogen (secondary N) is 4. The Morgan fingerprint density at radius 2 is 1.69 bits per heavy atom. The number of hydrogen-bond acceptors (Lipinski definition) is 3. The monoisotopic (exact) mass is 484 g/mol. The lowest BCUT2D eigenvalue weighted by Gasteiger charge is -2.31. The predicted octanol–water partition coefficient (Wildman–Crippen LogP) is 3.69. The van der Waals surface area contributed by atoms with Gasteiger partial charge in [0.05, 0.1) is 10.6 Å². The maximum Gasteiger partial charge on any atom is 0.471 e. The van der Waals surface area contributed by atoms with E-state index in [0.717, 1.165) is 36.4 Å². The van der Waals surface area contributed by atoms with E-state index in [9.17, 15) is 40.3 Å². The van der Waals surface area contributed by atoms with Crippen molar-refractivity contribution in [2.24, 2.45) is 0 Å². The number of carbonyl (C=O) groups is 2. The van der Waals surface area contributed by atoms with Crippen LogP contribution in [0.1, 0.15) is 22.3 Å². The average molecular weight is 485 g/mol. The minimum Gasteiger partial charge on any atom is -0.344 e. The van der Waals surface area contributed by atoms with Gasteiger partial charge in [-0.25, -0.2) is 9.18 Å². The third-order valence-electron chi connectivity index (χ3n) is 4.55. The van der Waals surface area contributed by atoms with Gasteiger partial charge in [-0.2, -0.15) is 31.8 Å². The molecule has 0 bridgehead atoms. The van der Waals surface area contributed by atoms with Gasteiger partial charge in [-0.15, -0.1) is 0 Å². The quantitative estimate of drug-likeness (QED) is 0.500. The van der Waals surface area contributed by atoms with Crippen molar-refractivity contribution in [1.29, 1.82) is 0 Å². The number of hydrogen-bond donors (Lipinski definition) is 4. The number of rotatable bonds is 4. The summed E-state index contributed by atoms with van der Waals surface area (Å²) in [7, 11) is 0. The molecule has 0 radical (unpaired) electrons. The van der Waals surface area contributed by atoms with E-state index < -0.39 is 53.4 Å². The molecule has 0 aliphatic carbocycles. The van der Waals surface area contributed by atoms with Crippen LogP contribution in [0.25, 0.3) is 0 Å². The molecular formula is C18H12ClF7N4O2. The van der Waals surface area contributed by atoms with Gasteiger partial charge in [-0.05, 0) is 29.8 Å². The van der Waals surface area contributed by atoms with E-state index in [0.29, 0.717) is 0 Å². The second-order valence-corrected chi connectivity index (χ2v) is 7.04. The van der Waals surface area contributed by atoms with Gasteiger partial charge in [0.1, 0.15) is 5.82 Å². The van der Waals surface area contributed by atoms with Crippen LogP contribution in [0.3, 0.4) is 0 Å². The Balaban J connectivity index is 2.05. The molecule has 172 valence electrons. The van der Waals surface area contributed by atoms with Crippen LogP contribution in [0.15, 0.2) is 36.4 Å². The Morgan fingerprint density at radius 1 is 1.06 bits per heavy atom. The van der Waals surface area contributed by atoms with Gasteiger partial charge in [-0.3, -0.25) is 10.2 Å². The fraction of sp³-hybridized carbons (Fsp3) is 0.222. The third kappa shape index (κ3) is 4.58. The van der Waals surface area contributed by atoms with E-state index in [2.05, 4.69) is 16.2 Å². The SMILES string of the molecule is O=C1NNC(c2ccc(C(F)(F)F)cc2)(c2cc(CNC(=O)C(F)(F)F)c(F)cc2Cl)N1. The molecule has 0 aromatic heterocycles. The van der Waals surface area contributed by atoms with Gasteiger partial charge in [0, 0.05) is 17.7 Å². The van der Waals surface area contributed by atoms with E-state index in [-0.39, 0.29) is 16.1 Å². The van der Waals surface area contributed by atoms with Crippen molar-refractivity contribution in [3.05, 3.63) is 69.5 Å². The molecule has 1 saturated heterocycles. The van der Waals surface area contributed by atoms with Gasteiger partial charge in [0.15, 0.2) is 5.66 Å². The second kappa shape index (κ2) is 8.13. The first kappa shape index (κ1) is 23.6. The van der Waals surface area contributed by atoms with E-state index >= 15 is 0 Å². The number of halogens is 8. The Kier molecular flexibility index (Phi) is 6.00. The molecule has 1 heterocycles. The minimum absolute atomic E-state index is 0.0441. The van der Waals surface area contributed by atoms with Crippen molar-refractivity contribution in [3.63, 3.8) is 0 Å². The highest BCUT2D eigenvalue weighted by Gasteiger charge is 2.44. The van der Waals surface area contributed by atoms with Crippen molar-refractivity contribution in [1.82, 2.24) is 21.5 Å². The van der Waals surface area contributed by atoms with Gasteiger partial charge in [-0.1, -0.05) is 23.7 Å². The molecule has 6 nitrogen and oxygen atoms in total. The lowest BCUT2D eigenvalue weighted by Crippen LogP contribution is -2.49. The fourth-order valence-corrected chi connectivity index (χ4v) is 3.31. The number of carbonyl (C=O) groups excluding carboxylic acids is 2. The molecule has 3 rings (SSSR count). The first-order valence-electron chi connectivity index (χ1n) is 8.60. The Morgan fingerprint density at radius 3 is 2.19 bits per heavy atom. The van der Waals surface area contributed by atoms with Crippen LogP contribution in [-0.2, 0) is 23.2 Å². The molecular weight excluding hydrogens is 473 g/mol. The standard InChI is InChI=1S/C18H12ClF7N4O2/c19-12-6-13(20)8(7-27-14(31)18(24,25)26)5-11(12)16(28-15(32)29-30-16)9-1-3-10(4-2-9)17(21,22)23/h1-6,30H,7H2,(H,27,31)(H2,28,29,32). The van der Waals surface area contributed by atoms with Crippen LogP contribution in [0, 0.1) is 5.82 Å². The Hall–Kier alpha value is -3.06. The molecule has 2 aromatic rings. The molecule has 1 fully saturated rings. The van der Waals surface area contributed by atoms with Crippen LogP contribution in [0.5, 0.6) is 0 Å². The van der Waals surface area contributed by atoms with E-state index in [1.54, 1.807) is 0 Å². The maximum absolute atomic E-state index is 14.3. The molecule has 14 heteroatoms. The highest BCUT2D eigenvalue weighted by molar-refractivity contribution is 6.31. The van der Waals surface area contributed by atoms with Crippen molar-refractivity contribution in [2.45, 2.75) is 24.6 Å². The highest BCUT2D eigenvalue weighted by atomic mass is 35.5. The molecule has 0 spiro atoms. The van der Waals surface area contributed by atoms with Gasteiger partial charge < -0.3 is 10.6 Å². The summed E-state index contributed by atoms with van der Waals surface area (Å²) in [4.78, 5) is 22.9. The number of amides is 3. The van der Waals surface area contributed by atoms with Crippen molar-refractivity contribution >= 4 is 23.5 Å². The minimum atomic E-state index is -5.20. The zero-order chi connectivity index (χ0) is 23.9. The summed E-state index contributed by atoms with van der Waals surface area (Å²) >= 11 is 6.10. The van der Waals surface area contributed by atoms with Crippen molar-refractivity contribution in [3.8, 4) is 0 Å². The summed E-state index contributed by atoms with van der Waals surface area (Å²) in [5.41, 5.74) is 1.46. The molecule has 2 aromatic carbocycles. The summed E-state index contributed by atoms with van der Waals surface area (Å²) in [6.07, 6.45) is -9.83. The summed E-state index contributed by atoms with van der Waals surface area (Å²) in [6.45, 7) is -0.876. The number of alkyl halides is 6. The van der Waals surface area contributed by atoms with Crippen LogP contribution < -0.4 is 21.5 Å². The van der Waals surface area contributed by atoms with Crippen molar-refractivity contribution < 1.29 is 40.3 Å². The van der Waals surface area contributed by atoms with Crippen LogP contribution in [-0.4, -0.2) is 18.1 Å². The summed E-state index contributed by atoms with van der Waals surface area (Å²) < 4.78 is 90.2. The molecule has 1 atom stereocenters. The summed E-state index contributed by atoms with van der Waals surface area (Å²) in [5.74, 6) is -3.36. The first-order chi connectivity index (χ1) is 14.7. The number of hydrazine groups is 1. The van der Waals surface area contributed by atoms with E-state index in [1.807, 2.05) is 0 Å². The largest absolute Gasteiger partial charge is 0.471 e. The third-order valence-corrected chi connectivity index (χ3v) is 4.86. The molecule has 32 heavy (non-hydrogen) atoms. The lowest BCUT2D eigenvalue weighted by molar-refractivity contribution is -0.173. The zero-order valence-electron chi connectivity index (χ0n) is 15.5. The van der Waals surface area contributed by atoms with Crippen LogP contribution in [0.4, 0.5) is 35.5 Å². The Labute approximate surface area is 180 Å². The van der Waals surface area contributed by atoms with Gasteiger partial charge in [0.2, 0.25) is 0 Å². The van der Waals surface area contributed by atoms with Gasteiger partial charge in [0.25, 0.3) is 0 Å². The lowest BCUT2D eigenvalue weighted by atomic mass is 9.90. The topological polar surface area (TPSA) is 82.3 Å². The summed E-state index contributed by atoms with van der Waals surface area (Å²) in [6, 6.07) is 4.46. The van der Waals surface area contributed by atoms with Crippen LogP contribution >= 0.6 is 11.6 Å². The molecule has 3 amide bonds. The van der Waals surface area contributed by atoms with Crippen LogP contribution in [0.2, 0.25) is 5.02 Å². The maximum atomic E-state index is 14.3. The van der Waals surface area contributed by atoms with Crippen molar-refractivity contribution in [2.75, 3.05) is 0 Å². The van der Waals surface area contributed by atoms with E-state index in [4.69, 9.17) is 11.6 Å². The normalized spacial score (nSPS) is 18.8. The Bertz CT molecular complexity index is 1060. The summed E-state index contributed by atoms with van der Waals surface area (Å²) in [5, 5.41) is 3.62. The van der Waals surface area contributed by atoms with Gasteiger partial charge >= 0.3 is 24.3 Å². The highest BCUT2D eigenvalue weighted by Crippen LogP contribution is 2.37. The molecule has 1 unspecified atom stereocenters. The molecule has 0 saturated carbocycles. The first-order valence-corrected chi connectivity index (χ1v) is 8.98. The molecule has 1 aliphatic heterocycles. The predicted molar refractivity (Wildman–Crippen MR) is 96.3 cm³/mol. The zero-order valence-corrected chi connectivity index (χ0v) is 16.3. The molecule has 1 aliphatic rings.